The smallest absolute Gasteiger partial charge is 0.255 e. The van der Waals surface area contributed by atoms with E-state index in [1.54, 1.807) is 36.7 Å². The van der Waals surface area contributed by atoms with E-state index in [0.29, 0.717) is 22.9 Å². The predicted molar refractivity (Wildman–Crippen MR) is 113 cm³/mol. The Hall–Kier alpha value is -3.45. The van der Waals surface area contributed by atoms with Gasteiger partial charge in [-0.25, -0.2) is 9.97 Å². The molecule has 0 atom stereocenters. The van der Waals surface area contributed by atoms with E-state index in [-0.39, 0.29) is 5.91 Å². The summed E-state index contributed by atoms with van der Waals surface area (Å²) in [4.78, 5) is 25.7. The lowest BCUT2D eigenvalue weighted by atomic mass is 10.2. The Labute approximate surface area is 170 Å². The molecular formula is C22H23N5O2. The van der Waals surface area contributed by atoms with Crippen LogP contribution in [0.4, 0.5) is 11.6 Å². The number of hydrogen-bond acceptors (Lipinski definition) is 6. The number of nitrogens with one attached hydrogen (secondary N) is 1. The first-order valence-corrected chi connectivity index (χ1v) is 9.57. The van der Waals surface area contributed by atoms with Crippen molar-refractivity contribution in [3.8, 4) is 11.5 Å². The zero-order valence-electron chi connectivity index (χ0n) is 16.3. The summed E-state index contributed by atoms with van der Waals surface area (Å²) in [6.45, 7) is 3.79. The van der Waals surface area contributed by atoms with Gasteiger partial charge in [0.1, 0.15) is 11.5 Å². The topological polar surface area (TPSA) is 70.6 Å². The van der Waals surface area contributed by atoms with Gasteiger partial charge in [0.25, 0.3) is 5.91 Å². The molecule has 0 radical (unpaired) electrons. The van der Waals surface area contributed by atoms with E-state index >= 15 is 0 Å². The highest BCUT2D eigenvalue weighted by molar-refractivity contribution is 6.04. The molecule has 7 nitrogen and oxygen atoms in total. The van der Waals surface area contributed by atoms with Crippen molar-refractivity contribution in [2.45, 2.75) is 0 Å². The fraction of sp³-hybridized carbons (Fsp3) is 0.227. The van der Waals surface area contributed by atoms with E-state index in [0.717, 1.165) is 31.9 Å². The zero-order chi connectivity index (χ0) is 20.1. The number of nitrogens with zero attached hydrogens (tertiary/aromatic N) is 4. The normalized spacial score (nSPS) is 14.4. The number of para-hydroxylation sites is 1. The number of benzene rings is 2. The first-order chi connectivity index (χ1) is 14.2. The lowest BCUT2D eigenvalue weighted by Crippen LogP contribution is -2.45. The van der Waals surface area contributed by atoms with Crippen LogP contribution in [0.25, 0.3) is 0 Å². The first kappa shape index (κ1) is 18.9. The van der Waals surface area contributed by atoms with Crippen LogP contribution >= 0.6 is 0 Å². The van der Waals surface area contributed by atoms with E-state index in [1.807, 2.05) is 30.3 Å². The molecule has 1 aliphatic rings. The molecule has 0 spiro atoms. The third kappa shape index (κ3) is 4.89. The number of anilines is 2. The van der Waals surface area contributed by atoms with Gasteiger partial charge in [0.15, 0.2) is 0 Å². The van der Waals surface area contributed by atoms with Gasteiger partial charge in [0.2, 0.25) is 5.95 Å². The number of piperazine rings is 1. The van der Waals surface area contributed by atoms with Crippen molar-refractivity contribution in [1.82, 2.24) is 14.9 Å². The second-order valence-electron chi connectivity index (χ2n) is 6.96. The van der Waals surface area contributed by atoms with E-state index in [1.165, 1.54) is 0 Å². The molecule has 1 aliphatic heterocycles. The van der Waals surface area contributed by atoms with Gasteiger partial charge >= 0.3 is 0 Å². The summed E-state index contributed by atoms with van der Waals surface area (Å²) < 4.78 is 5.75. The van der Waals surface area contributed by atoms with E-state index in [9.17, 15) is 4.79 Å². The summed E-state index contributed by atoms with van der Waals surface area (Å²) in [5, 5.41) is 2.83. The van der Waals surface area contributed by atoms with Crippen LogP contribution in [-0.4, -0.2) is 54.0 Å². The Bertz CT molecular complexity index is 937. The van der Waals surface area contributed by atoms with E-state index < -0.39 is 0 Å². The number of likely N-dealkylation sites (N-methyl/N-ethyl adjacent to an activating group) is 1. The molecule has 0 saturated carbocycles. The van der Waals surface area contributed by atoms with Gasteiger partial charge in [-0.15, -0.1) is 0 Å². The van der Waals surface area contributed by atoms with Crippen LogP contribution in [0, 0.1) is 0 Å². The van der Waals surface area contributed by atoms with Crippen LogP contribution in [0.3, 0.4) is 0 Å². The quantitative estimate of drug-likeness (QED) is 0.722. The minimum atomic E-state index is -0.216. The number of carbonyl (C=O) groups excluding carboxylic acids is 1. The Morgan fingerprint density at radius 1 is 0.897 bits per heavy atom. The molecule has 0 aliphatic carbocycles. The molecule has 1 N–H and O–H groups in total. The van der Waals surface area contributed by atoms with Gasteiger partial charge in [0.05, 0.1) is 18.1 Å². The van der Waals surface area contributed by atoms with Crippen LogP contribution in [-0.2, 0) is 0 Å². The largest absolute Gasteiger partial charge is 0.457 e. The Morgan fingerprint density at radius 2 is 1.52 bits per heavy atom. The zero-order valence-corrected chi connectivity index (χ0v) is 16.3. The lowest BCUT2D eigenvalue weighted by Gasteiger charge is -2.32. The molecule has 29 heavy (non-hydrogen) atoms. The maximum absolute atomic E-state index is 12.5. The Balaban J connectivity index is 1.35. The molecule has 7 heteroatoms. The highest BCUT2D eigenvalue weighted by Crippen LogP contribution is 2.21. The molecule has 1 amide bonds. The SMILES string of the molecule is CN1CCN(c2ncc(NC(=O)c3ccc(Oc4ccccc4)cc3)cn2)CC1. The number of carbonyl (C=O) groups is 1. The molecule has 4 rings (SSSR count). The fourth-order valence-electron chi connectivity index (χ4n) is 3.06. The number of ether oxygens (including phenoxy) is 1. The second kappa shape index (κ2) is 8.70. The molecule has 1 saturated heterocycles. The van der Waals surface area contributed by atoms with Gasteiger partial charge in [-0.1, -0.05) is 18.2 Å². The molecule has 2 aromatic carbocycles. The van der Waals surface area contributed by atoms with Crippen molar-refractivity contribution < 1.29 is 9.53 Å². The van der Waals surface area contributed by atoms with Crippen LogP contribution in [0.1, 0.15) is 10.4 Å². The lowest BCUT2D eigenvalue weighted by molar-refractivity contribution is 0.102. The Kier molecular flexibility index (Phi) is 5.67. The average molecular weight is 389 g/mol. The monoisotopic (exact) mass is 389 g/mol. The van der Waals surface area contributed by atoms with Crippen molar-refractivity contribution in [3.63, 3.8) is 0 Å². The number of hydrogen-bond donors (Lipinski definition) is 1. The summed E-state index contributed by atoms with van der Waals surface area (Å²) in [7, 11) is 2.11. The van der Waals surface area contributed by atoms with Crippen molar-refractivity contribution in [2.24, 2.45) is 0 Å². The van der Waals surface area contributed by atoms with E-state index in [4.69, 9.17) is 4.74 Å². The maximum atomic E-state index is 12.5. The summed E-state index contributed by atoms with van der Waals surface area (Å²) in [6, 6.07) is 16.5. The molecule has 0 bridgehead atoms. The third-order valence-corrected chi connectivity index (χ3v) is 4.78. The van der Waals surface area contributed by atoms with Gasteiger partial charge in [-0.2, -0.15) is 0 Å². The summed E-state index contributed by atoms with van der Waals surface area (Å²) >= 11 is 0. The molecule has 3 aromatic rings. The molecule has 1 fully saturated rings. The minimum absolute atomic E-state index is 0.216. The van der Waals surface area contributed by atoms with Crippen molar-refractivity contribution >= 4 is 17.5 Å². The number of aromatic nitrogens is 2. The van der Waals surface area contributed by atoms with Gasteiger partial charge in [-0.3, -0.25) is 4.79 Å². The van der Waals surface area contributed by atoms with Gasteiger partial charge < -0.3 is 19.9 Å². The van der Waals surface area contributed by atoms with E-state index in [2.05, 4.69) is 32.1 Å². The fourth-order valence-corrected chi connectivity index (χ4v) is 3.06. The first-order valence-electron chi connectivity index (χ1n) is 9.57. The standard InChI is InChI=1S/C22H23N5O2/c1-26-11-13-27(14-12-26)22-23-15-18(16-24-22)25-21(28)17-7-9-20(10-8-17)29-19-5-3-2-4-6-19/h2-10,15-16H,11-14H2,1H3,(H,25,28). The summed E-state index contributed by atoms with van der Waals surface area (Å²) in [5.41, 5.74) is 1.10. The average Bonchev–Trinajstić information content (AvgIpc) is 2.76. The molecular weight excluding hydrogens is 366 g/mol. The van der Waals surface area contributed by atoms with Crippen LogP contribution in [0.15, 0.2) is 67.0 Å². The number of amides is 1. The molecule has 2 heterocycles. The van der Waals surface area contributed by atoms with Gasteiger partial charge in [-0.05, 0) is 43.4 Å². The second-order valence-corrected chi connectivity index (χ2v) is 6.96. The van der Waals surface area contributed by atoms with Crippen molar-refractivity contribution in [1.29, 1.82) is 0 Å². The molecule has 0 unspecified atom stereocenters. The maximum Gasteiger partial charge on any atom is 0.255 e. The van der Waals surface area contributed by atoms with Gasteiger partial charge in [0, 0.05) is 31.7 Å². The molecule has 1 aromatic heterocycles. The highest BCUT2D eigenvalue weighted by atomic mass is 16.5. The molecule has 148 valence electrons. The van der Waals surface area contributed by atoms with Crippen molar-refractivity contribution in [2.75, 3.05) is 43.4 Å². The Morgan fingerprint density at radius 3 is 2.17 bits per heavy atom. The highest BCUT2D eigenvalue weighted by Gasteiger charge is 2.16. The van der Waals surface area contributed by atoms with Crippen molar-refractivity contribution in [3.05, 3.63) is 72.6 Å². The van der Waals surface area contributed by atoms with Crippen LogP contribution in [0.2, 0.25) is 0 Å². The minimum Gasteiger partial charge on any atom is -0.457 e. The van der Waals surface area contributed by atoms with Crippen LogP contribution in [0.5, 0.6) is 11.5 Å². The number of rotatable bonds is 5. The summed E-state index contributed by atoms with van der Waals surface area (Å²) in [6.07, 6.45) is 3.29. The predicted octanol–water partition coefficient (Wildman–Crippen LogP) is 3.27. The third-order valence-electron chi connectivity index (χ3n) is 4.78. The van der Waals surface area contributed by atoms with Crippen LogP contribution < -0.4 is 15.0 Å². The summed E-state index contributed by atoms with van der Waals surface area (Å²) in [5.74, 6) is 1.90.